The van der Waals surface area contributed by atoms with Crippen LogP contribution < -0.4 is 10.3 Å². The minimum absolute atomic E-state index is 0.196. The minimum atomic E-state index is -0.802. The molecule has 2 aromatic carbocycles. The van der Waals surface area contributed by atoms with Crippen LogP contribution in [0.15, 0.2) is 67.0 Å². The molecule has 0 unspecified atom stereocenters. The Labute approximate surface area is 158 Å². The first-order valence-electron chi connectivity index (χ1n) is 8.16. The van der Waals surface area contributed by atoms with Crippen molar-refractivity contribution in [2.24, 2.45) is 0 Å². The first-order valence-corrected chi connectivity index (χ1v) is 8.98. The molecule has 4 rings (SSSR count). The van der Waals surface area contributed by atoms with Crippen molar-refractivity contribution >= 4 is 27.5 Å². The van der Waals surface area contributed by atoms with Crippen molar-refractivity contribution < 1.29 is 14.0 Å². The van der Waals surface area contributed by atoms with E-state index >= 15 is 0 Å². The second kappa shape index (κ2) is 7.51. The number of ether oxygens (including phenoxy) is 1. The van der Waals surface area contributed by atoms with Gasteiger partial charge in [0.15, 0.2) is 0 Å². The molecule has 0 spiro atoms. The molecule has 0 aliphatic rings. The summed E-state index contributed by atoms with van der Waals surface area (Å²) in [5.41, 5.74) is 4.37. The van der Waals surface area contributed by atoms with Crippen LogP contribution in [0.2, 0.25) is 0 Å². The van der Waals surface area contributed by atoms with Gasteiger partial charge in [0.1, 0.15) is 17.4 Å². The van der Waals surface area contributed by atoms with Crippen LogP contribution in [0.1, 0.15) is 15.4 Å². The number of amides is 1. The Kier molecular flexibility index (Phi) is 4.76. The van der Waals surface area contributed by atoms with E-state index in [9.17, 15) is 9.28 Å². The standard InChI is InChI=1S/C20H14FN3O2S/c21-24-20(25)15-2-1-3-16(10-15)26-12-19-23-17-11-14(4-5-18(17)27-19)13-6-8-22-9-7-13/h1-11H,12H2,(H,24,25). The summed E-state index contributed by atoms with van der Waals surface area (Å²) in [6.07, 6.45) is 3.52. The Balaban J connectivity index is 1.52. The molecule has 7 heteroatoms. The number of carbonyl (C=O) groups is 1. The highest BCUT2D eigenvalue weighted by Gasteiger charge is 2.09. The number of hydrogen-bond donors (Lipinski definition) is 1. The third-order valence-corrected chi connectivity index (χ3v) is 5.00. The summed E-state index contributed by atoms with van der Waals surface area (Å²) in [5, 5.41) is 0.817. The molecular formula is C20H14FN3O2S. The molecule has 0 aliphatic heterocycles. The maximum Gasteiger partial charge on any atom is 0.279 e. The monoisotopic (exact) mass is 379 g/mol. The van der Waals surface area contributed by atoms with Gasteiger partial charge < -0.3 is 4.74 Å². The van der Waals surface area contributed by atoms with Crippen molar-refractivity contribution in [2.75, 3.05) is 0 Å². The van der Waals surface area contributed by atoms with Gasteiger partial charge >= 0.3 is 0 Å². The lowest BCUT2D eigenvalue weighted by molar-refractivity contribution is 0.0859. The molecule has 0 atom stereocenters. The van der Waals surface area contributed by atoms with E-state index < -0.39 is 5.91 Å². The fourth-order valence-electron chi connectivity index (χ4n) is 2.69. The van der Waals surface area contributed by atoms with Gasteiger partial charge in [-0.05, 0) is 53.6 Å². The molecule has 0 fully saturated rings. The van der Waals surface area contributed by atoms with E-state index in [0.29, 0.717) is 5.75 Å². The fraction of sp³-hybridized carbons (Fsp3) is 0.0500. The minimum Gasteiger partial charge on any atom is -0.486 e. The van der Waals surface area contributed by atoms with E-state index in [1.54, 1.807) is 35.9 Å². The normalized spacial score (nSPS) is 10.7. The molecule has 0 saturated carbocycles. The molecule has 4 aromatic rings. The van der Waals surface area contributed by atoms with Crippen molar-refractivity contribution in [1.82, 2.24) is 15.5 Å². The van der Waals surface area contributed by atoms with Crippen LogP contribution in [-0.2, 0) is 6.61 Å². The molecular weight excluding hydrogens is 365 g/mol. The molecule has 1 amide bonds. The number of carbonyl (C=O) groups excluding carboxylic acids is 1. The molecule has 0 radical (unpaired) electrons. The van der Waals surface area contributed by atoms with Gasteiger partial charge in [0, 0.05) is 18.0 Å². The number of halogens is 1. The molecule has 134 valence electrons. The predicted octanol–water partition coefficient (Wildman–Crippen LogP) is 4.55. The molecule has 2 heterocycles. The lowest BCUT2D eigenvalue weighted by atomic mass is 10.1. The highest BCUT2D eigenvalue weighted by atomic mass is 32.1. The molecule has 0 bridgehead atoms. The van der Waals surface area contributed by atoms with Gasteiger partial charge in [0.2, 0.25) is 0 Å². The number of benzene rings is 2. The Morgan fingerprint density at radius 2 is 1.93 bits per heavy atom. The Morgan fingerprint density at radius 3 is 2.74 bits per heavy atom. The van der Waals surface area contributed by atoms with E-state index in [0.717, 1.165) is 31.9 Å². The van der Waals surface area contributed by atoms with Crippen molar-refractivity contribution in [3.8, 4) is 16.9 Å². The summed E-state index contributed by atoms with van der Waals surface area (Å²) in [7, 11) is 0. The molecule has 0 aliphatic carbocycles. The van der Waals surface area contributed by atoms with Crippen LogP contribution in [0.25, 0.3) is 21.3 Å². The number of aromatic nitrogens is 2. The topological polar surface area (TPSA) is 64.1 Å². The van der Waals surface area contributed by atoms with Crippen molar-refractivity contribution in [3.05, 3.63) is 77.6 Å². The zero-order valence-electron chi connectivity index (χ0n) is 14.1. The van der Waals surface area contributed by atoms with Gasteiger partial charge in [-0.3, -0.25) is 9.78 Å². The number of rotatable bonds is 5. The highest BCUT2D eigenvalue weighted by molar-refractivity contribution is 7.18. The summed E-state index contributed by atoms with van der Waals surface area (Å²) in [6.45, 7) is 0.268. The van der Waals surface area contributed by atoms with E-state index in [1.807, 2.05) is 24.3 Å². The lowest BCUT2D eigenvalue weighted by Gasteiger charge is -2.05. The van der Waals surface area contributed by atoms with E-state index in [2.05, 4.69) is 16.0 Å². The van der Waals surface area contributed by atoms with E-state index in [4.69, 9.17) is 4.74 Å². The van der Waals surface area contributed by atoms with Gasteiger partial charge in [-0.1, -0.05) is 16.6 Å². The van der Waals surface area contributed by atoms with Crippen LogP contribution in [0.5, 0.6) is 5.75 Å². The Hall–Kier alpha value is -3.32. The Morgan fingerprint density at radius 1 is 1.07 bits per heavy atom. The third-order valence-electron chi connectivity index (χ3n) is 3.99. The Bertz CT molecular complexity index is 1100. The molecule has 2 aromatic heterocycles. The van der Waals surface area contributed by atoms with Crippen LogP contribution in [0.4, 0.5) is 4.48 Å². The maximum absolute atomic E-state index is 12.3. The van der Waals surface area contributed by atoms with E-state index in [1.165, 1.54) is 12.1 Å². The van der Waals surface area contributed by atoms with Crippen molar-refractivity contribution in [1.29, 1.82) is 0 Å². The molecule has 0 saturated heterocycles. The van der Waals surface area contributed by atoms with Crippen LogP contribution in [-0.4, -0.2) is 15.9 Å². The number of nitrogens with zero attached hydrogens (tertiary/aromatic N) is 2. The number of hydrogen-bond acceptors (Lipinski definition) is 5. The zero-order chi connectivity index (χ0) is 18.6. The number of fused-ring (bicyclic) bond motifs is 1. The van der Waals surface area contributed by atoms with Gasteiger partial charge in [0.25, 0.3) is 5.91 Å². The average molecular weight is 379 g/mol. The summed E-state index contributed by atoms with van der Waals surface area (Å²) in [5.74, 6) is -0.322. The second-order valence-electron chi connectivity index (χ2n) is 5.77. The number of thiazole rings is 1. The number of pyridine rings is 1. The molecule has 5 nitrogen and oxygen atoms in total. The van der Waals surface area contributed by atoms with Crippen LogP contribution in [0, 0.1) is 0 Å². The smallest absolute Gasteiger partial charge is 0.279 e. The zero-order valence-corrected chi connectivity index (χ0v) is 14.9. The van der Waals surface area contributed by atoms with Gasteiger partial charge in [-0.2, -0.15) is 5.54 Å². The largest absolute Gasteiger partial charge is 0.486 e. The first-order chi connectivity index (χ1) is 13.2. The van der Waals surface area contributed by atoms with Crippen molar-refractivity contribution in [2.45, 2.75) is 6.61 Å². The summed E-state index contributed by atoms with van der Waals surface area (Å²) >= 11 is 1.55. The second-order valence-corrected chi connectivity index (χ2v) is 6.88. The van der Waals surface area contributed by atoms with Crippen LogP contribution in [0.3, 0.4) is 0 Å². The summed E-state index contributed by atoms with van der Waals surface area (Å²) in [6, 6.07) is 16.4. The molecule has 27 heavy (non-hydrogen) atoms. The average Bonchev–Trinajstić information content (AvgIpc) is 3.14. The predicted molar refractivity (Wildman–Crippen MR) is 102 cm³/mol. The SMILES string of the molecule is O=C(NF)c1cccc(OCc2nc3cc(-c4ccncc4)ccc3s2)c1. The summed E-state index contributed by atoms with van der Waals surface area (Å²) in [4.78, 5) is 20.0. The lowest BCUT2D eigenvalue weighted by Crippen LogP contribution is -2.13. The third kappa shape index (κ3) is 3.78. The number of nitrogens with one attached hydrogen (secondary N) is 1. The van der Waals surface area contributed by atoms with Gasteiger partial charge in [-0.25, -0.2) is 4.98 Å². The quantitative estimate of drug-likeness (QED) is 0.517. The van der Waals surface area contributed by atoms with Crippen molar-refractivity contribution in [3.63, 3.8) is 0 Å². The van der Waals surface area contributed by atoms with Crippen LogP contribution >= 0.6 is 11.3 Å². The van der Waals surface area contributed by atoms with E-state index in [-0.39, 0.29) is 12.2 Å². The highest BCUT2D eigenvalue weighted by Crippen LogP contribution is 2.28. The first kappa shape index (κ1) is 17.1. The van der Waals surface area contributed by atoms with Gasteiger partial charge in [0.05, 0.1) is 10.2 Å². The molecule has 1 N–H and O–H groups in total. The maximum atomic E-state index is 12.3. The van der Waals surface area contributed by atoms with Gasteiger partial charge in [-0.15, -0.1) is 11.3 Å². The summed E-state index contributed by atoms with van der Waals surface area (Å²) < 4.78 is 19.1. The fourth-order valence-corrected chi connectivity index (χ4v) is 3.55.